The van der Waals surface area contributed by atoms with Gasteiger partial charge in [0, 0.05) is 30.8 Å². The molecule has 1 amide bonds. The zero-order valence-electron chi connectivity index (χ0n) is 19.0. The number of anilines is 2. The van der Waals surface area contributed by atoms with E-state index in [1.165, 1.54) is 22.9 Å². The number of hydrogen-bond donors (Lipinski definition) is 3. The number of pyridine rings is 1. The predicted octanol–water partition coefficient (Wildman–Crippen LogP) is 2.98. The second kappa shape index (κ2) is 9.84. The number of fused-ring (bicyclic) bond motifs is 1. The molecule has 3 aromatic rings. The molecule has 0 radical (unpaired) electrons. The number of nitrogens with one attached hydrogen (secondary N) is 2. The van der Waals surface area contributed by atoms with E-state index in [2.05, 4.69) is 25.3 Å². The maximum atomic E-state index is 14.4. The number of carbonyl (C=O) groups excluding carboxylic acids is 1. The number of rotatable bonds is 7. The van der Waals surface area contributed by atoms with Crippen molar-refractivity contribution in [3.63, 3.8) is 0 Å². The van der Waals surface area contributed by atoms with E-state index in [-0.39, 0.29) is 30.2 Å². The van der Waals surface area contributed by atoms with E-state index in [1.54, 1.807) is 19.1 Å². The molecule has 4 N–H and O–H groups in total. The van der Waals surface area contributed by atoms with Gasteiger partial charge in [-0.15, -0.1) is 13.2 Å². The van der Waals surface area contributed by atoms with Crippen LogP contribution in [0.2, 0.25) is 0 Å². The van der Waals surface area contributed by atoms with Crippen LogP contribution in [0.4, 0.5) is 29.1 Å². The summed E-state index contributed by atoms with van der Waals surface area (Å²) in [6, 6.07) is 5.89. The highest BCUT2D eigenvalue weighted by Gasteiger charge is 2.33. The molecule has 3 heterocycles. The Kier molecular flexibility index (Phi) is 6.82. The molecule has 1 aliphatic heterocycles. The van der Waals surface area contributed by atoms with E-state index in [0.29, 0.717) is 30.2 Å². The van der Waals surface area contributed by atoms with Crippen LogP contribution in [0.25, 0.3) is 0 Å². The highest BCUT2D eigenvalue weighted by atomic mass is 19.4. The first-order valence-electron chi connectivity index (χ1n) is 10.9. The number of nitrogen functional groups attached to an aromatic ring is 1. The third-order valence-corrected chi connectivity index (χ3v) is 5.73. The lowest BCUT2D eigenvalue weighted by molar-refractivity contribution is -0.275. The molecule has 4 rings (SSSR count). The average molecular weight is 506 g/mol. The summed E-state index contributed by atoms with van der Waals surface area (Å²) in [5.74, 6) is -1.78. The summed E-state index contributed by atoms with van der Waals surface area (Å²) in [6.07, 6.45) is -3.02. The molecule has 2 aromatic heterocycles. The van der Waals surface area contributed by atoms with Gasteiger partial charge in [-0.05, 0) is 31.0 Å². The average Bonchev–Trinajstić information content (AvgIpc) is 3.24. The molecular weight excluding hydrogens is 484 g/mol. The first kappa shape index (κ1) is 24.9. The molecule has 190 valence electrons. The second-order valence-electron chi connectivity index (χ2n) is 8.15. The molecule has 1 aromatic carbocycles. The van der Waals surface area contributed by atoms with Crippen molar-refractivity contribution in [1.29, 1.82) is 0 Å². The van der Waals surface area contributed by atoms with Gasteiger partial charge in [-0.2, -0.15) is 0 Å². The lowest BCUT2D eigenvalue weighted by Gasteiger charge is -2.16. The van der Waals surface area contributed by atoms with Gasteiger partial charge < -0.3 is 21.1 Å². The molecule has 0 fully saturated rings. The number of ether oxygens (including phenoxy) is 1. The number of hydrogen-bond acceptors (Lipinski definition) is 7. The number of benzene rings is 1. The van der Waals surface area contributed by atoms with Gasteiger partial charge in [0.25, 0.3) is 5.56 Å². The van der Waals surface area contributed by atoms with Crippen molar-refractivity contribution in [3.8, 4) is 5.75 Å². The van der Waals surface area contributed by atoms with Gasteiger partial charge >= 0.3 is 6.36 Å². The Hall–Kier alpha value is -4.16. The molecular formula is C23H22F4N6O3. The first-order valence-corrected chi connectivity index (χ1v) is 10.9. The number of carbonyl (C=O) groups is 1. The van der Waals surface area contributed by atoms with Gasteiger partial charge in [0.15, 0.2) is 11.6 Å². The predicted molar refractivity (Wildman–Crippen MR) is 121 cm³/mol. The summed E-state index contributed by atoms with van der Waals surface area (Å²) in [5, 5.41) is 5.49. The van der Waals surface area contributed by atoms with E-state index in [4.69, 9.17) is 5.73 Å². The topological polar surface area (TPSA) is 124 Å². The Morgan fingerprint density at radius 3 is 2.72 bits per heavy atom. The van der Waals surface area contributed by atoms with Crippen LogP contribution in [0.15, 0.2) is 41.3 Å². The van der Waals surface area contributed by atoms with Crippen molar-refractivity contribution < 1.29 is 27.1 Å². The van der Waals surface area contributed by atoms with Crippen molar-refractivity contribution >= 4 is 17.4 Å². The van der Waals surface area contributed by atoms with E-state index in [0.717, 1.165) is 11.6 Å². The number of halogens is 4. The minimum atomic E-state index is -5.05. The van der Waals surface area contributed by atoms with Crippen molar-refractivity contribution in [2.24, 2.45) is 0 Å². The van der Waals surface area contributed by atoms with Crippen molar-refractivity contribution in [1.82, 2.24) is 19.9 Å². The largest absolute Gasteiger partial charge is 0.573 e. The fraction of sp³-hybridized carbons (Fsp3) is 0.304. The number of amides is 1. The Bertz CT molecular complexity index is 1360. The quantitative estimate of drug-likeness (QED) is 0.421. The Labute approximate surface area is 202 Å². The number of aryl methyl sites for hydroxylation is 2. The summed E-state index contributed by atoms with van der Waals surface area (Å²) >= 11 is 0. The van der Waals surface area contributed by atoms with Crippen LogP contribution < -0.4 is 26.7 Å². The number of alkyl halides is 3. The first-order chi connectivity index (χ1) is 17.0. The Morgan fingerprint density at radius 2 is 2.00 bits per heavy atom. The highest BCUT2D eigenvalue weighted by Crippen LogP contribution is 2.28. The van der Waals surface area contributed by atoms with Gasteiger partial charge in [0.2, 0.25) is 5.91 Å². The van der Waals surface area contributed by atoms with Crippen LogP contribution in [0.5, 0.6) is 5.75 Å². The minimum Gasteiger partial charge on any atom is -0.403 e. The summed E-state index contributed by atoms with van der Waals surface area (Å²) in [5.41, 5.74) is 6.36. The molecule has 13 heteroatoms. The van der Waals surface area contributed by atoms with Gasteiger partial charge in [0.1, 0.15) is 23.4 Å². The Morgan fingerprint density at radius 1 is 1.22 bits per heavy atom. The van der Waals surface area contributed by atoms with Crippen molar-refractivity contribution in [2.45, 2.75) is 45.3 Å². The Balaban J connectivity index is 1.48. The van der Waals surface area contributed by atoms with Crippen LogP contribution in [-0.4, -0.2) is 26.8 Å². The lowest BCUT2D eigenvalue weighted by Crippen LogP contribution is -2.36. The fourth-order valence-corrected chi connectivity index (χ4v) is 3.96. The normalized spacial score (nSPS) is 14.9. The van der Waals surface area contributed by atoms with Crippen LogP contribution >= 0.6 is 0 Å². The number of nitrogens with two attached hydrogens (primary N) is 1. The summed E-state index contributed by atoms with van der Waals surface area (Å²) in [7, 11) is 0. The standard InChI is InChI=1S/C23H22F4N6O3/c1-12-13(5-7-18(28)32-12)9-31-21(34)16-6-8-19-30-11-15(22(35)33(16)19)29-10-14-3-2-4-17(20(14)24)36-23(25,26)27/h2-5,7,11,16,29H,6,8-10H2,1H3,(H2,28,32)(H,31,34)/t16-/m0/s1. The van der Waals surface area contributed by atoms with E-state index in [1.807, 2.05) is 0 Å². The minimum absolute atomic E-state index is 0.0291. The molecule has 0 aliphatic carbocycles. The van der Waals surface area contributed by atoms with Crippen LogP contribution in [0.1, 0.15) is 35.1 Å². The summed E-state index contributed by atoms with van der Waals surface area (Å²) < 4.78 is 56.8. The maximum Gasteiger partial charge on any atom is 0.573 e. The van der Waals surface area contributed by atoms with E-state index >= 15 is 0 Å². The van der Waals surface area contributed by atoms with Crippen LogP contribution in [-0.2, 0) is 24.3 Å². The molecule has 0 unspecified atom stereocenters. The summed E-state index contributed by atoms with van der Waals surface area (Å²) in [6.45, 7) is 1.65. The second-order valence-corrected chi connectivity index (χ2v) is 8.15. The molecule has 0 saturated carbocycles. The van der Waals surface area contributed by atoms with Gasteiger partial charge in [0.05, 0.1) is 6.20 Å². The third-order valence-electron chi connectivity index (χ3n) is 5.73. The van der Waals surface area contributed by atoms with Crippen LogP contribution in [0.3, 0.4) is 0 Å². The monoisotopic (exact) mass is 506 g/mol. The third kappa shape index (κ3) is 5.39. The summed E-state index contributed by atoms with van der Waals surface area (Å²) in [4.78, 5) is 34.3. The van der Waals surface area contributed by atoms with Crippen molar-refractivity contribution in [3.05, 3.63) is 75.3 Å². The highest BCUT2D eigenvalue weighted by molar-refractivity contribution is 5.81. The molecule has 1 atom stereocenters. The maximum absolute atomic E-state index is 14.4. The van der Waals surface area contributed by atoms with Gasteiger partial charge in [-0.25, -0.2) is 14.4 Å². The molecule has 9 nitrogen and oxygen atoms in total. The number of nitrogens with zero attached hydrogens (tertiary/aromatic N) is 3. The van der Waals surface area contributed by atoms with E-state index in [9.17, 15) is 27.2 Å². The molecule has 36 heavy (non-hydrogen) atoms. The molecule has 0 spiro atoms. The molecule has 0 saturated heterocycles. The smallest absolute Gasteiger partial charge is 0.403 e. The van der Waals surface area contributed by atoms with Gasteiger partial charge in [-0.3, -0.25) is 14.2 Å². The number of aromatic nitrogens is 3. The SMILES string of the molecule is Cc1nc(N)ccc1CNC(=O)[C@@H]1CCc2ncc(NCc3cccc(OC(F)(F)F)c3F)c(=O)n21. The van der Waals surface area contributed by atoms with Crippen LogP contribution in [0, 0.1) is 12.7 Å². The van der Waals surface area contributed by atoms with Gasteiger partial charge in [-0.1, -0.05) is 18.2 Å². The lowest BCUT2D eigenvalue weighted by atomic mass is 10.1. The zero-order valence-corrected chi connectivity index (χ0v) is 19.0. The van der Waals surface area contributed by atoms with E-state index < -0.39 is 29.5 Å². The van der Waals surface area contributed by atoms with Crippen molar-refractivity contribution in [2.75, 3.05) is 11.1 Å². The molecule has 0 bridgehead atoms. The fourth-order valence-electron chi connectivity index (χ4n) is 3.96. The zero-order chi connectivity index (χ0) is 26.0. The molecule has 1 aliphatic rings.